The van der Waals surface area contributed by atoms with E-state index in [0.717, 1.165) is 25.0 Å². The predicted molar refractivity (Wildman–Crippen MR) is 156 cm³/mol. The number of carbonyl (C=O) groups is 2. The van der Waals surface area contributed by atoms with Gasteiger partial charge in [0, 0.05) is 30.6 Å². The molecule has 0 unspecified atom stereocenters. The molecular weight excluding hydrogens is 506 g/mol. The molecule has 4 aromatic rings. The van der Waals surface area contributed by atoms with Gasteiger partial charge in [0.1, 0.15) is 11.2 Å². The van der Waals surface area contributed by atoms with Gasteiger partial charge in [0.15, 0.2) is 0 Å². The number of carbonyl (C=O) groups excluding carboxylic acids is 2. The molecule has 0 radical (unpaired) electrons. The number of benzene rings is 2. The fraction of sp³-hybridized carbons (Fsp3) is 0.419. The number of hydrogen-bond donors (Lipinski definition) is 2. The Morgan fingerprint density at radius 2 is 1.82 bits per heavy atom. The van der Waals surface area contributed by atoms with Crippen molar-refractivity contribution in [2.75, 3.05) is 18.4 Å². The SMILES string of the molecule is CCCCc1ccc(C(=O)Nc2cccc3nn4c(C5CCN(C(=O)OC(C)(C)C)CC5)cc(=O)[nH]c4c23)cc1. The average molecular weight is 544 g/mol. The number of fused-ring (bicyclic) bond motifs is 3. The molecule has 40 heavy (non-hydrogen) atoms. The first-order valence-electron chi connectivity index (χ1n) is 14.1. The zero-order valence-corrected chi connectivity index (χ0v) is 23.6. The highest BCUT2D eigenvalue weighted by Crippen LogP contribution is 2.32. The number of rotatable bonds is 6. The van der Waals surface area contributed by atoms with E-state index in [0.29, 0.717) is 53.7 Å². The van der Waals surface area contributed by atoms with Gasteiger partial charge in [0.25, 0.3) is 11.5 Å². The van der Waals surface area contributed by atoms with Gasteiger partial charge in [-0.1, -0.05) is 31.5 Å². The van der Waals surface area contributed by atoms with Crippen molar-refractivity contribution in [3.8, 4) is 0 Å². The molecule has 0 spiro atoms. The standard InChI is InChI=1S/C31H37N5O4/c1-5-6-8-20-11-13-22(14-12-20)29(38)32-23-9-7-10-24-27(23)28-33-26(37)19-25(36(28)34-24)21-15-17-35(18-16-21)30(39)40-31(2,3)4/h7,9-14,19,21H,5-6,8,15-18H2,1-4H3,(H,32,38)(H,33,37). The summed E-state index contributed by atoms with van der Waals surface area (Å²) in [7, 11) is 0. The van der Waals surface area contributed by atoms with Crippen molar-refractivity contribution < 1.29 is 14.3 Å². The Morgan fingerprint density at radius 3 is 2.50 bits per heavy atom. The van der Waals surface area contributed by atoms with Crippen LogP contribution in [0.25, 0.3) is 16.6 Å². The third-order valence-electron chi connectivity index (χ3n) is 7.31. The Bertz CT molecular complexity index is 1590. The Morgan fingerprint density at radius 1 is 1.10 bits per heavy atom. The second-order valence-corrected chi connectivity index (χ2v) is 11.5. The van der Waals surface area contributed by atoms with Crippen molar-refractivity contribution in [1.29, 1.82) is 0 Å². The molecule has 5 rings (SSSR count). The lowest BCUT2D eigenvalue weighted by Crippen LogP contribution is -2.41. The molecule has 2 N–H and O–H groups in total. The summed E-state index contributed by atoms with van der Waals surface area (Å²) in [5.41, 5.74) is 3.58. The number of H-pyrrole nitrogens is 1. The number of piperidine rings is 1. The van der Waals surface area contributed by atoms with Crippen molar-refractivity contribution in [2.45, 2.75) is 71.3 Å². The largest absolute Gasteiger partial charge is 0.444 e. The van der Waals surface area contributed by atoms with Gasteiger partial charge in [-0.15, -0.1) is 0 Å². The van der Waals surface area contributed by atoms with Crippen LogP contribution in [0.3, 0.4) is 0 Å². The van der Waals surface area contributed by atoms with E-state index in [1.165, 1.54) is 5.56 Å². The van der Waals surface area contributed by atoms with Crippen LogP contribution in [0.4, 0.5) is 10.5 Å². The molecule has 1 saturated heterocycles. The molecule has 9 nitrogen and oxygen atoms in total. The Kier molecular flexibility index (Phi) is 7.65. The number of aromatic nitrogens is 3. The zero-order valence-electron chi connectivity index (χ0n) is 23.6. The van der Waals surface area contributed by atoms with Crippen molar-refractivity contribution in [3.05, 3.63) is 75.7 Å². The number of nitrogens with zero attached hydrogens (tertiary/aromatic N) is 3. The van der Waals surface area contributed by atoms with E-state index in [2.05, 4.69) is 17.2 Å². The van der Waals surface area contributed by atoms with Crippen molar-refractivity contribution in [2.24, 2.45) is 0 Å². The highest BCUT2D eigenvalue weighted by atomic mass is 16.6. The summed E-state index contributed by atoms with van der Waals surface area (Å²) in [5.74, 6) is -0.177. The first kappa shape index (κ1) is 27.4. The lowest BCUT2D eigenvalue weighted by atomic mass is 9.93. The molecule has 0 atom stereocenters. The molecule has 2 aromatic heterocycles. The molecule has 0 aliphatic carbocycles. The second kappa shape index (κ2) is 11.2. The quantitative estimate of drug-likeness (QED) is 0.315. The van der Waals surface area contributed by atoms with Gasteiger partial charge in [-0.2, -0.15) is 5.10 Å². The third kappa shape index (κ3) is 5.88. The van der Waals surface area contributed by atoms with E-state index >= 15 is 0 Å². The number of aryl methyl sites for hydroxylation is 1. The summed E-state index contributed by atoms with van der Waals surface area (Å²) >= 11 is 0. The fourth-order valence-electron chi connectivity index (χ4n) is 5.26. The predicted octanol–water partition coefficient (Wildman–Crippen LogP) is 5.89. The third-order valence-corrected chi connectivity index (χ3v) is 7.31. The normalized spacial score (nSPS) is 14.6. The van der Waals surface area contributed by atoms with Gasteiger partial charge < -0.3 is 19.9 Å². The van der Waals surface area contributed by atoms with Crippen molar-refractivity contribution in [3.63, 3.8) is 0 Å². The van der Waals surface area contributed by atoms with Crippen LogP contribution < -0.4 is 10.9 Å². The van der Waals surface area contributed by atoms with E-state index < -0.39 is 5.60 Å². The van der Waals surface area contributed by atoms with Gasteiger partial charge in [0.05, 0.1) is 22.3 Å². The van der Waals surface area contributed by atoms with Crippen molar-refractivity contribution in [1.82, 2.24) is 19.5 Å². The summed E-state index contributed by atoms with van der Waals surface area (Å²) in [6.07, 6.45) is 4.29. The van der Waals surface area contributed by atoms with E-state index in [4.69, 9.17) is 9.84 Å². The van der Waals surface area contributed by atoms with Crippen LogP contribution in [0.5, 0.6) is 0 Å². The summed E-state index contributed by atoms with van der Waals surface area (Å²) in [6, 6.07) is 14.8. The van der Waals surface area contributed by atoms with Gasteiger partial charge in [-0.25, -0.2) is 9.31 Å². The lowest BCUT2D eigenvalue weighted by molar-refractivity contribution is 0.0203. The van der Waals surface area contributed by atoms with Gasteiger partial charge >= 0.3 is 6.09 Å². The van der Waals surface area contributed by atoms with Crippen molar-refractivity contribution >= 4 is 34.2 Å². The molecule has 0 bridgehead atoms. The molecule has 3 heterocycles. The topological polar surface area (TPSA) is 109 Å². The summed E-state index contributed by atoms with van der Waals surface area (Å²) in [5, 5.41) is 8.51. The molecule has 1 aliphatic rings. The van der Waals surface area contributed by atoms with Gasteiger partial charge in [-0.3, -0.25) is 9.59 Å². The Balaban J connectivity index is 1.41. The Hall–Kier alpha value is -4.14. The highest BCUT2D eigenvalue weighted by molar-refractivity contribution is 6.11. The number of likely N-dealkylation sites (tertiary alicyclic amines) is 1. The maximum Gasteiger partial charge on any atom is 0.410 e. The lowest BCUT2D eigenvalue weighted by Gasteiger charge is -2.33. The number of anilines is 1. The number of aromatic amines is 1. The number of unbranched alkanes of at least 4 members (excludes halogenated alkanes) is 1. The van der Waals surface area contributed by atoms with E-state index in [1.807, 2.05) is 63.2 Å². The second-order valence-electron chi connectivity index (χ2n) is 11.5. The van der Waals surface area contributed by atoms with Crippen LogP contribution in [-0.4, -0.2) is 50.2 Å². The molecule has 2 aromatic carbocycles. The van der Waals surface area contributed by atoms with Crippen LogP contribution >= 0.6 is 0 Å². The minimum Gasteiger partial charge on any atom is -0.444 e. The maximum atomic E-state index is 13.1. The molecule has 210 valence electrons. The first-order chi connectivity index (χ1) is 19.1. The van der Waals surface area contributed by atoms with Crippen LogP contribution in [-0.2, 0) is 11.2 Å². The van der Waals surface area contributed by atoms with Crippen LogP contribution in [0.2, 0.25) is 0 Å². The molecule has 9 heteroatoms. The average Bonchev–Trinajstić information content (AvgIpc) is 3.30. The minimum atomic E-state index is -0.548. The molecule has 1 fully saturated rings. The van der Waals surface area contributed by atoms with Gasteiger partial charge in [-0.05, 0) is 76.3 Å². The number of ether oxygens (including phenoxy) is 1. The van der Waals surface area contributed by atoms with E-state index in [-0.39, 0.29) is 23.5 Å². The smallest absolute Gasteiger partial charge is 0.410 e. The van der Waals surface area contributed by atoms with Gasteiger partial charge in [0.2, 0.25) is 0 Å². The number of amides is 2. The molecule has 0 saturated carbocycles. The summed E-state index contributed by atoms with van der Waals surface area (Å²) in [4.78, 5) is 43.1. The van der Waals surface area contributed by atoms with Crippen LogP contribution in [0, 0.1) is 0 Å². The van der Waals surface area contributed by atoms with Crippen LogP contribution in [0.1, 0.15) is 80.9 Å². The Labute approximate surface area is 233 Å². The molecule has 2 amide bonds. The zero-order chi connectivity index (χ0) is 28.4. The highest BCUT2D eigenvalue weighted by Gasteiger charge is 2.29. The maximum absolute atomic E-state index is 13.1. The number of nitrogens with one attached hydrogen (secondary N) is 2. The van der Waals surface area contributed by atoms with E-state index in [1.54, 1.807) is 15.5 Å². The number of hydrogen-bond acceptors (Lipinski definition) is 5. The molecular formula is C31H37N5O4. The van der Waals surface area contributed by atoms with E-state index in [9.17, 15) is 14.4 Å². The summed E-state index contributed by atoms with van der Waals surface area (Å²) in [6.45, 7) is 8.80. The fourth-order valence-corrected chi connectivity index (χ4v) is 5.26. The monoisotopic (exact) mass is 543 g/mol. The minimum absolute atomic E-state index is 0.0436. The summed E-state index contributed by atoms with van der Waals surface area (Å²) < 4.78 is 7.30. The first-order valence-corrected chi connectivity index (χ1v) is 14.1. The molecule has 1 aliphatic heterocycles. The van der Waals surface area contributed by atoms with Crippen LogP contribution in [0.15, 0.2) is 53.3 Å².